The third kappa shape index (κ3) is 10.4. The zero-order chi connectivity index (χ0) is 46.3. The summed E-state index contributed by atoms with van der Waals surface area (Å²) in [6, 6.07) is 19.8. The van der Waals surface area contributed by atoms with Crippen molar-refractivity contribution in [2.24, 2.45) is 5.73 Å². The zero-order valence-electron chi connectivity index (χ0n) is 37.1. The van der Waals surface area contributed by atoms with E-state index in [1.54, 1.807) is 29.7 Å². The molecule has 7 rings (SSSR count). The maximum atomic E-state index is 13.8. The van der Waals surface area contributed by atoms with E-state index >= 15 is 0 Å². The van der Waals surface area contributed by atoms with Crippen LogP contribution in [0, 0.1) is 17.0 Å². The first-order chi connectivity index (χ1) is 30.5. The molecule has 0 radical (unpaired) electrons. The highest BCUT2D eigenvalue weighted by atomic mass is 16.7. The summed E-state index contributed by atoms with van der Waals surface area (Å²) >= 11 is 0. The third-order valence-electron chi connectivity index (χ3n) is 11.2. The summed E-state index contributed by atoms with van der Waals surface area (Å²) in [5.41, 5.74) is 9.63. The number of non-ortho nitro benzene ring substituents is 1. The molecule has 2 aromatic heterocycles. The molecule has 15 nitrogen and oxygen atoms in total. The highest BCUT2D eigenvalue weighted by Crippen LogP contribution is 2.42. The topological polar surface area (TPSA) is 209 Å². The Hall–Kier alpha value is -6.74. The van der Waals surface area contributed by atoms with Gasteiger partial charge in [0.05, 0.1) is 39.5 Å². The van der Waals surface area contributed by atoms with Gasteiger partial charge in [-0.3, -0.25) is 19.7 Å². The number of nitro groups is 1. The van der Waals surface area contributed by atoms with Gasteiger partial charge in [0.1, 0.15) is 23.7 Å². The Morgan fingerprint density at radius 3 is 2.30 bits per heavy atom. The van der Waals surface area contributed by atoms with Crippen molar-refractivity contribution in [3.05, 3.63) is 132 Å². The fraction of sp³-hybridized carbons (Fsp3) is 0.388. The summed E-state index contributed by atoms with van der Waals surface area (Å²) in [6.07, 6.45) is 4.31. The number of ether oxygens (including phenoxy) is 4. The molecule has 0 saturated carbocycles. The minimum Gasteiger partial charge on any atom is -0.457 e. The molecule has 0 amide bonds. The van der Waals surface area contributed by atoms with Gasteiger partial charge in [-0.15, -0.1) is 0 Å². The first-order valence-corrected chi connectivity index (χ1v) is 21.5. The number of pyridine rings is 2. The lowest BCUT2D eigenvalue weighted by atomic mass is 9.85. The second-order valence-electron chi connectivity index (χ2n) is 16.9. The predicted molar refractivity (Wildman–Crippen MR) is 239 cm³/mol. The molecule has 2 aliphatic rings. The van der Waals surface area contributed by atoms with Gasteiger partial charge in [-0.1, -0.05) is 44.0 Å². The number of Topliss-reactive ketones (excluding diaryl/α,β-unsaturated/α-hetero) is 1. The van der Waals surface area contributed by atoms with E-state index in [0.29, 0.717) is 55.1 Å². The average molecular weight is 875 g/mol. The summed E-state index contributed by atoms with van der Waals surface area (Å²) in [5, 5.41) is 12.0. The molecule has 0 bridgehead atoms. The first-order valence-electron chi connectivity index (χ1n) is 21.5. The number of hydrogen-bond acceptors (Lipinski definition) is 13. The molecular formula is C49H54N4O11. The van der Waals surface area contributed by atoms with Crippen LogP contribution >= 0.6 is 0 Å². The number of benzene rings is 3. The smallest absolute Gasteiger partial charge is 0.457 e. The lowest BCUT2D eigenvalue weighted by Crippen LogP contribution is -2.47. The number of unbranched alkanes of at least 4 members (excludes halogenated alkanes) is 2. The lowest BCUT2D eigenvalue weighted by Gasteiger charge is -2.35. The van der Waals surface area contributed by atoms with Gasteiger partial charge in [-0.05, 0) is 120 Å². The van der Waals surface area contributed by atoms with Crippen LogP contribution in [0.3, 0.4) is 0 Å². The maximum Gasteiger partial charge on any atom is 0.515 e. The minimum absolute atomic E-state index is 0.0161. The molecule has 336 valence electrons. The van der Waals surface area contributed by atoms with Crippen LogP contribution in [-0.2, 0) is 55.4 Å². The van der Waals surface area contributed by atoms with Crippen molar-refractivity contribution in [2.45, 2.75) is 117 Å². The summed E-state index contributed by atoms with van der Waals surface area (Å²) in [4.78, 5) is 78.9. The number of fused-ring (bicyclic) bond motifs is 5. The van der Waals surface area contributed by atoms with Crippen LogP contribution in [0.1, 0.15) is 117 Å². The fourth-order valence-electron chi connectivity index (χ4n) is 7.93. The van der Waals surface area contributed by atoms with Crippen molar-refractivity contribution in [3.8, 4) is 17.1 Å². The number of carbonyl (C=O) groups excluding carboxylic acids is 4. The van der Waals surface area contributed by atoms with Crippen LogP contribution in [-0.4, -0.2) is 50.5 Å². The van der Waals surface area contributed by atoms with Gasteiger partial charge in [0.25, 0.3) is 11.2 Å². The van der Waals surface area contributed by atoms with Crippen LogP contribution in [0.4, 0.5) is 10.5 Å². The van der Waals surface area contributed by atoms with E-state index in [2.05, 4.69) is 13.0 Å². The summed E-state index contributed by atoms with van der Waals surface area (Å²) in [5.74, 6) is -0.872. The Morgan fingerprint density at radius 1 is 0.938 bits per heavy atom. The van der Waals surface area contributed by atoms with E-state index in [4.69, 9.17) is 29.7 Å². The third-order valence-corrected chi connectivity index (χ3v) is 11.2. The summed E-state index contributed by atoms with van der Waals surface area (Å²) in [6.45, 7) is 12.0. The van der Waals surface area contributed by atoms with Crippen molar-refractivity contribution in [2.75, 3.05) is 6.54 Å². The van der Waals surface area contributed by atoms with Crippen LogP contribution in [0.5, 0.6) is 5.75 Å². The van der Waals surface area contributed by atoms with E-state index in [1.165, 1.54) is 24.3 Å². The predicted octanol–water partition coefficient (Wildman–Crippen LogP) is 8.74. The second kappa shape index (κ2) is 19.8. The van der Waals surface area contributed by atoms with Gasteiger partial charge in [-0.2, -0.15) is 0 Å². The molecule has 0 fully saturated rings. The Kier molecular flexibility index (Phi) is 14.4. The Balaban J connectivity index is 0.000000252. The van der Waals surface area contributed by atoms with E-state index in [0.717, 1.165) is 58.8 Å². The van der Waals surface area contributed by atoms with Crippen molar-refractivity contribution in [1.29, 1.82) is 0 Å². The number of aromatic nitrogens is 2. The molecule has 5 aromatic rings. The molecule has 64 heavy (non-hydrogen) atoms. The number of nitrogens with two attached hydrogens (primary N) is 1. The van der Waals surface area contributed by atoms with Crippen LogP contribution in [0.25, 0.3) is 22.3 Å². The molecule has 0 saturated heterocycles. The average Bonchev–Trinajstić information content (AvgIpc) is 3.63. The minimum atomic E-state index is -1.94. The summed E-state index contributed by atoms with van der Waals surface area (Å²) < 4.78 is 23.2. The van der Waals surface area contributed by atoms with Crippen LogP contribution in [0.15, 0.2) is 77.6 Å². The molecule has 15 heteroatoms. The highest BCUT2D eigenvalue weighted by Gasteiger charge is 2.51. The van der Waals surface area contributed by atoms with E-state index in [9.17, 15) is 34.1 Å². The Bertz CT molecular complexity index is 2650. The van der Waals surface area contributed by atoms with Gasteiger partial charge in [0, 0.05) is 41.5 Å². The summed E-state index contributed by atoms with van der Waals surface area (Å²) in [7, 11) is 0. The maximum absolute atomic E-state index is 13.8. The van der Waals surface area contributed by atoms with Gasteiger partial charge in [0.15, 0.2) is 0 Å². The molecule has 0 unspecified atom stereocenters. The second-order valence-corrected chi connectivity index (χ2v) is 16.9. The number of nitrogens with zero attached hydrogens (tertiary/aromatic N) is 3. The molecule has 3 aromatic carbocycles. The standard InChI is InChI=1S/C30H25N3O8.C19H29NO3/c1-4-19-20-12-16(3)6-11-24(20)31-26-21(19)14-32-25(26)13-23-22(27(32)34)15-39-28(35)30(23,5-2)41-29(36)40-18-9-7-17(8-10-18)33(37)38;1-19(2,3)23-18(22)16-11-8-15(9-12-16)10-13-17(21)7-5-4-6-14-20/h6-13H,4-5,14-15H2,1-3H3;8-9,11-12H,4-7,10,13-14,20H2,1-3H3/t30-;/m0./s1. The highest BCUT2D eigenvalue weighted by molar-refractivity contribution is 5.91. The van der Waals surface area contributed by atoms with Crippen molar-refractivity contribution in [1.82, 2.24) is 9.55 Å². The molecule has 1 atom stereocenters. The number of cyclic esters (lactones) is 1. The van der Waals surface area contributed by atoms with Crippen LogP contribution < -0.4 is 16.0 Å². The molecular weight excluding hydrogens is 821 g/mol. The monoisotopic (exact) mass is 874 g/mol. The van der Waals surface area contributed by atoms with Gasteiger partial charge < -0.3 is 29.2 Å². The number of rotatable bonds is 14. The van der Waals surface area contributed by atoms with E-state index < -0.39 is 28.3 Å². The van der Waals surface area contributed by atoms with Gasteiger partial charge in [0.2, 0.25) is 5.60 Å². The fourth-order valence-corrected chi connectivity index (χ4v) is 7.93. The van der Waals surface area contributed by atoms with E-state index in [-0.39, 0.29) is 47.1 Å². The molecule has 0 aliphatic carbocycles. The molecule has 2 aliphatic heterocycles. The number of aryl methyl sites for hydroxylation is 3. The number of esters is 2. The van der Waals surface area contributed by atoms with Crippen molar-refractivity contribution < 1.29 is 43.0 Å². The largest absolute Gasteiger partial charge is 0.515 e. The lowest BCUT2D eigenvalue weighted by molar-refractivity contribution is -0.384. The number of nitro benzene ring substituents is 1. The van der Waals surface area contributed by atoms with Crippen molar-refractivity contribution >= 4 is 40.5 Å². The Labute approximate surface area is 371 Å². The number of hydrogen-bond donors (Lipinski definition) is 1. The SMILES string of the molecule is CC(C)(C)OC(=O)c1ccc(CCC(=O)CCCCCN)cc1.CCc1c2c(nc3ccc(C)cc13)-c1cc3c(c(=O)n1C2)COC(=O)[C@@]3(CC)OC(=O)Oc1ccc([N+](=O)[O-])cc1. The van der Waals surface area contributed by atoms with Gasteiger partial charge >= 0.3 is 18.1 Å². The Morgan fingerprint density at radius 2 is 1.66 bits per heavy atom. The molecule has 4 heterocycles. The van der Waals surface area contributed by atoms with E-state index in [1.807, 2.05) is 52.0 Å². The normalized spacial score (nSPS) is 14.9. The number of carbonyl (C=O) groups is 4. The molecule has 2 N–H and O–H groups in total. The van der Waals surface area contributed by atoms with Crippen LogP contribution in [0.2, 0.25) is 0 Å². The quantitative estimate of drug-likeness (QED) is 0.0271. The van der Waals surface area contributed by atoms with Crippen molar-refractivity contribution in [3.63, 3.8) is 0 Å². The van der Waals surface area contributed by atoms with Gasteiger partial charge in [-0.25, -0.2) is 19.4 Å². The molecule has 0 spiro atoms. The first kappa shape index (κ1) is 46.8. The zero-order valence-corrected chi connectivity index (χ0v) is 37.1. The number of ketones is 1.